The molecular formula is C36H34O10. The first-order chi connectivity index (χ1) is 22.3. The van der Waals surface area contributed by atoms with Gasteiger partial charge in [0.1, 0.15) is 29.6 Å². The Balaban J connectivity index is 1.59. The number of carboxylic acids is 2. The van der Waals surface area contributed by atoms with Crippen LogP contribution in [-0.4, -0.2) is 49.8 Å². The van der Waals surface area contributed by atoms with E-state index in [-0.39, 0.29) is 31.0 Å². The SMILES string of the molecule is CCCOc1ccc(C=C(Cc2cc3c(cc2OC)OCO3)C(=O)O)c(-c2ccc(OC)cc2OCc2ccccc2C(=O)O)c1. The molecule has 0 aliphatic carbocycles. The molecule has 1 heterocycles. The first kappa shape index (κ1) is 31.8. The lowest BCUT2D eigenvalue weighted by Gasteiger charge is -2.17. The highest BCUT2D eigenvalue weighted by molar-refractivity contribution is 5.95. The first-order valence-electron chi connectivity index (χ1n) is 14.6. The third-order valence-electron chi connectivity index (χ3n) is 7.37. The molecule has 0 fully saturated rings. The number of benzene rings is 4. The number of hydrogen-bond acceptors (Lipinski definition) is 8. The molecule has 0 unspecified atom stereocenters. The van der Waals surface area contributed by atoms with E-state index in [0.717, 1.165) is 6.42 Å². The molecule has 1 aliphatic heterocycles. The highest BCUT2D eigenvalue weighted by atomic mass is 16.7. The summed E-state index contributed by atoms with van der Waals surface area (Å²) < 4.78 is 34.1. The highest BCUT2D eigenvalue weighted by Crippen LogP contribution is 2.41. The van der Waals surface area contributed by atoms with E-state index in [1.54, 1.807) is 60.7 Å². The highest BCUT2D eigenvalue weighted by Gasteiger charge is 2.21. The van der Waals surface area contributed by atoms with Crippen molar-refractivity contribution < 1.29 is 48.2 Å². The Labute approximate surface area is 266 Å². The summed E-state index contributed by atoms with van der Waals surface area (Å²) in [6.07, 6.45) is 2.46. The van der Waals surface area contributed by atoms with Crippen molar-refractivity contribution in [1.29, 1.82) is 0 Å². The predicted molar refractivity (Wildman–Crippen MR) is 170 cm³/mol. The molecule has 0 saturated heterocycles. The second-order valence-electron chi connectivity index (χ2n) is 10.4. The van der Waals surface area contributed by atoms with E-state index in [4.69, 9.17) is 28.4 Å². The van der Waals surface area contributed by atoms with E-state index < -0.39 is 11.9 Å². The topological polar surface area (TPSA) is 130 Å². The smallest absolute Gasteiger partial charge is 0.336 e. The van der Waals surface area contributed by atoms with E-state index in [1.165, 1.54) is 20.3 Å². The Morgan fingerprint density at radius 1 is 0.804 bits per heavy atom. The molecule has 0 atom stereocenters. The number of carbonyl (C=O) groups is 2. The van der Waals surface area contributed by atoms with E-state index in [9.17, 15) is 19.8 Å². The number of methoxy groups -OCH3 is 2. The van der Waals surface area contributed by atoms with Crippen molar-refractivity contribution in [3.63, 3.8) is 0 Å². The van der Waals surface area contributed by atoms with Gasteiger partial charge < -0.3 is 38.6 Å². The lowest BCUT2D eigenvalue weighted by molar-refractivity contribution is -0.132. The van der Waals surface area contributed by atoms with Crippen molar-refractivity contribution in [2.45, 2.75) is 26.4 Å². The number of carboxylic acid groups (broad SMARTS) is 2. The molecule has 0 amide bonds. The molecule has 0 spiro atoms. The number of aliphatic carboxylic acids is 1. The molecule has 46 heavy (non-hydrogen) atoms. The van der Waals surface area contributed by atoms with Gasteiger partial charge in [0.15, 0.2) is 11.5 Å². The quantitative estimate of drug-likeness (QED) is 0.143. The van der Waals surface area contributed by atoms with Crippen molar-refractivity contribution >= 4 is 18.0 Å². The van der Waals surface area contributed by atoms with Gasteiger partial charge in [-0.15, -0.1) is 0 Å². The Kier molecular flexibility index (Phi) is 9.97. The maximum Gasteiger partial charge on any atom is 0.336 e. The minimum atomic E-state index is -1.10. The largest absolute Gasteiger partial charge is 0.497 e. The van der Waals surface area contributed by atoms with Crippen molar-refractivity contribution in [1.82, 2.24) is 0 Å². The van der Waals surface area contributed by atoms with Crippen LogP contribution in [0, 0.1) is 0 Å². The minimum absolute atomic E-state index is 0.0237. The van der Waals surface area contributed by atoms with Crippen LogP contribution < -0.4 is 28.4 Å². The molecule has 0 bridgehead atoms. The van der Waals surface area contributed by atoms with E-state index in [0.29, 0.717) is 68.9 Å². The molecule has 5 rings (SSSR count). The van der Waals surface area contributed by atoms with Crippen LogP contribution in [0.5, 0.6) is 34.5 Å². The average molecular weight is 627 g/mol. The molecule has 0 saturated carbocycles. The molecule has 0 radical (unpaired) electrons. The van der Waals surface area contributed by atoms with Gasteiger partial charge in [0, 0.05) is 40.8 Å². The van der Waals surface area contributed by atoms with Gasteiger partial charge in [-0.3, -0.25) is 0 Å². The molecule has 2 N–H and O–H groups in total. The standard InChI is InChI=1S/C36H34O10/c1-4-13-43-27-10-9-22(14-25(35(37)38)15-24-16-33-34(46-21-45-33)19-31(24)42-3)30(17-27)29-12-11-26(41-2)18-32(29)44-20-23-7-5-6-8-28(23)36(39)40/h5-12,14,16-19H,4,13,15,20-21H2,1-3H3,(H,37,38)(H,39,40). The third-order valence-corrected chi connectivity index (χ3v) is 7.37. The molecule has 4 aromatic rings. The maximum atomic E-state index is 12.6. The number of ether oxygens (including phenoxy) is 6. The Hall–Kier alpha value is -5.64. The van der Waals surface area contributed by atoms with Crippen LogP contribution >= 0.6 is 0 Å². The average Bonchev–Trinajstić information content (AvgIpc) is 3.53. The van der Waals surface area contributed by atoms with Crippen molar-refractivity contribution in [2.75, 3.05) is 27.6 Å². The fourth-order valence-electron chi connectivity index (χ4n) is 5.06. The van der Waals surface area contributed by atoms with Crippen LogP contribution in [0.3, 0.4) is 0 Å². The van der Waals surface area contributed by atoms with Crippen LogP contribution in [-0.2, 0) is 17.8 Å². The number of hydrogen-bond donors (Lipinski definition) is 2. The van der Waals surface area contributed by atoms with Gasteiger partial charge in [0.25, 0.3) is 0 Å². The third kappa shape index (κ3) is 7.18. The molecule has 10 nitrogen and oxygen atoms in total. The summed E-state index contributed by atoms with van der Waals surface area (Å²) >= 11 is 0. The summed E-state index contributed by atoms with van der Waals surface area (Å²) in [5.74, 6) is 0.909. The molecular weight excluding hydrogens is 592 g/mol. The van der Waals surface area contributed by atoms with Gasteiger partial charge in [-0.25, -0.2) is 9.59 Å². The second kappa shape index (κ2) is 14.4. The fourth-order valence-corrected chi connectivity index (χ4v) is 5.06. The Morgan fingerprint density at radius 2 is 1.57 bits per heavy atom. The zero-order chi connectivity index (χ0) is 32.6. The zero-order valence-corrected chi connectivity index (χ0v) is 25.7. The fraction of sp³-hybridized carbons (Fsp3) is 0.222. The summed E-state index contributed by atoms with van der Waals surface area (Å²) in [6, 6.07) is 20.8. The maximum absolute atomic E-state index is 12.6. The first-order valence-corrected chi connectivity index (χ1v) is 14.6. The molecule has 10 heteroatoms. The molecule has 0 aromatic heterocycles. The molecule has 238 valence electrons. The second-order valence-corrected chi connectivity index (χ2v) is 10.4. The summed E-state index contributed by atoms with van der Waals surface area (Å²) in [4.78, 5) is 24.4. The zero-order valence-electron chi connectivity index (χ0n) is 25.7. The van der Waals surface area contributed by atoms with Crippen molar-refractivity contribution in [2.24, 2.45) is 0 Å². The van der Waals surface area contributed by atoms with E-state index in [1.807, 2.05) is 19.1 Å². The van der Waals surface area contributed by atoms with Gasteiger partial charge in [-0.05, 0) is 60.0 Å². The molecule has 4 aromatic carbocycles. The number of rotatable bonds is 14. The summed E-state index contributed by atoms with van der Waals surface area (Å²) in [7, 11) is 3.05. The number of aromatic carboxylic acids is 1. The van der Waals surface area contributed by atoms with Crippen LogP contribution in [0.2, 0.25) is 0 Å². The van der Waals surface area contributed by atoms with E-state index >= 15 is 0 Å². The molecule has 1 aliphatic rings. The van der Waals surface area contributed by atoms with Gasteiger partial charge >= 0.3 is 11.9 Å². The lowest BCUT2D eigenvalue weighted by Crippen LogP contribution is -2.06. The van der Waals surface area contributed by atoms with Crippen LogP contribution in [0.15, 0.2) is 78.4 Å². The number of fused-ring (bicyclic) bond motifs is 1. The van der Waals surface area contributed by atoms with Gasteiger partial charge in [0.2, 0.25) is 6.79 Å². The predicted octanol–water partition coefficient (Wildman–Crippen LogP) is 6.88. The summed E-state index contributed by atoms with van der Waals surface area (Å²) in [6.45, 7) is 2.56. The Morgan fingerprint density at radius 3 is 2.28 bits per heavy atom. The van der Waals surface area contributed by atoms with E-state index in [2.05, 4.69) is 0 Å². The monoisotopic (exact) mass is 626 g/mol. The van der Waals surface area contributed by atoms with Crippen molar-refractivity contribution in [3.8, 4) is 45.6 Å². The Bertz CT molecular complexity index is 1780. The lowest BCUT2D eigenvalue weighted by atomic mass is 9.94. The van der Waals surface area contributed by atoms with Crippen LogP contribution in [0.25, 0.3) is 17.2 Å². The van der Waals surface area contributed by atoms with Gasteiger partial charge in [0.05, 0.1) is 26.4 Å². The minimum Gasteiger partial charge on any atom is -0.497 e. The van der Waals surface area contributed by atoms with Crippen LogP contribution in [0.1, 0.15) is 40.4 Å². The normalized spacial score (nSPS) is 12.0. The van der Waals surface area contributed by atoms with Gasteiger partial charge in [-0.1, -0.05) is 31.2 Å². The summed E-state index contributed by atoms with van der Waals surface area (Å²) in [5.41, 5.74) is 3.23. The van der Waals surface area contributed by atoms with Crippen molar-refractivity contribution in [3.05, 3.63) is 101 Å². The summed E-state index contributed by atoms with van der Waals surface area (Å²) in [5, 5.41) is 20.0. The van der Waals surface area contributed by atoms with Crippen LogP contribution in [0.4, 0.5) is 0 Å². The van der Waals surface area contributed by atoms with Gasteiger partial charge in [-0.2, -0.15) is 0 Å².